The molecular formula is C21H20O2. The molecule has 0 radical (unpaired) electrons. The number of aryl methyl sites for hydroxylation is 1. The summed E-state index contributed by atoms with van der Waals surface area (Å²) in [6, 6.07) is 21.4. The molecule has 2 nitrogen and oxygen atoms in total. The molecule has 2 heteroatoms. The fourth-order valence-electron chi connectivity index (χ4n) is 2.77. The van der Waals surface area contributed by atoms with Crippen LogP contribution in [0.25, 0.3) is 0 Å². The van der Waals surface area contributed by atoms with Crippen molar-refractivity contribution in [3.63, 3.8) is 0 Å². The topological polar surface area (TPSA) is 40.5 Å². The summed E-state index contributed by atoms with van der Waals surface area (Å²) in [6.45, 7) is 2.03. The van der Waals surface area contributed by atoms with E-state index in [2.05, 4.69) is 18.2 Å². The fraction of sp³-hybridized carbons (Fsp3) is 0.143. The smallest absolute Gasteiger partial charge is 0.119 e. The summed E-state index contributed by atoms with van der Waals surface area (Å²) >= 11 is 0. The lowest BCUT2D eigenvalue weighted by molar-refractivity contribution is 0.468. The van der Waals surface area contributed by atoms with Gasteiger partial charge in [-0.15, -0.1) is 0 Å². The second kappa shape index (κ2) is 6.57. The molecule has 0 spiro atoms. The van der Waals surface area contributed by atoms with E-state index in [0.717, 1.165) is 23.1 Å². The first-order valence-electron chi connectivity index (χ1n) is 7.75. The molecule has 0 aliphatic rings. The van der Waals surface area contributed by atoms with Crippen molar-refractivity contribution in [3.8, 4) is 11.5 Å². The van der Waals surface area contributed by atoms with E-state index in [1.165, 1.54) is 11.1 Å². The molecule has 3 aromatic rings. The Hall–Kier alpha value is -2.74. The highest BCUT2D eigenvalue weighted by molar-refractivity contribution is 5.45. The Kier molecular flexibility index (Phi) is 4.33. The van der Waals surface area contributed by atoms with Crippen molar-refractivity contribution in [2.45, 2.75) is 19.8 Å². The molecule has 2 N–H and O–H groups in total. The van der Waals surface area contributed by atoms with Gasteiger partial charge in [-0.2, -0.15) is 0 Å². The first kappa shape index (κ1) is 15.2. The van der Waals surface area contributed by atoms with E-state index in [4.69, 9.17) is 0 Å². The molecule has 0 unspecified atom stereocenters. The van der Waals surface area contributed by atoms with Crippen LogP contribution < -0.4 is 0 Å². The van der Waals surface area contributed by atoms with Crippen LogP contribution in [0.4, 0.5) is 0 Å². The molecule has 116 valence electrons. The molecule has 0 aliphatic heterocycles. The largest absolute Gasteiger partial charge is 0.508 e. The minimum absolute atomic E-state index is 0.256. The molecule has 23 heavy (non-hydrogen) atoms. The summed E-state index contributed by atoms with van der Waals surface area (Å²) in [5.74, 6) is 0.582. The van der Waals surface area contributed by atoms with Gasteiger partial charge in [0.25, 0.3) is 0 Å². The van der Waals surface area contributed by atoms with E-state index >= 15 is 0 Å². The highest BCUT2D eigenvalue weighted by Crippen LogP contribution is 2.27. The number of phenols is 2. The van der Waals surface area contributed by atoms with Gasteiger partial charge in [-0.1, -0.05) is 48.5 Å². The van der Waals surface area contributed by atoms with Crippen molar-refractivity contribution in [3.05, 3.63) is 94.5 Å². The molecule has 3 rings (SSSR count). The van der Waals surface area contributed by atoms with Crippen molar-refractivity contribution < 1.29 is 10.2 Å². The summed E-state index contributed by atoms with van der Waals surface area (Å²) in [7, 11) is 0. The lowest BCUT2D eigenvalue weighted by Crippen LogP contribution is -1.96. The van der Waals surface area contributed by atoms with Crippen LogP contribution in [0, 0.1) is 6.92 Å². The monoisotopic (exact) mass is 304 g/mol. The van der Waals surface area contributed by atoms with Gasteiger partial charge in [-0.25, -0.2) is 0 Å². The zero-order valence-electron chi connectivity index (χ0n) is 13.2. The number of aromatic hydroxyl groups is 2. The molecule has 0 heterocycles. The van der Waals surface area contributed by atoms with Crippen LogP contribution in [-0.4, -0.2) is 10.2 Å². The molecule has 0 saturated carbocycles. The summed E-state index contributed by atoms with van der Waals surface area (Å²) in [4.78, 5) is 0. The zero-order valence-corrected chi connectivity index (χ0v) is 13.2. The Balaban J connectivity index is 1.88. The molecule has 3 aromatic carbocycles. The summed E-state index contributed by atoms with van der Waals surface area (Å²) in [5.41, 5.74) is 5.56. The van der Waals surface area contributed by atoms with E-state index in [0.29, 0.717) is 12.2 Å². The minimum Gasteiger partial charge on any atom is -0.508 e. The molecule has 0 aromatic heterocycles. The van der Waals surface area contributed by atoms with E-state index < -0.39 is 0 Å². The highest BCUT2D eigenvalue weighted by Gasteiger charge is 2.08. The van der Waals surface area contributed by atoms with Crippen LogP contribution in [0.15, 0.2) is 66.7 Å². The molecular weight excluding hydrogens is 284 g/mol. The Morgan fingerprint density at radius 3 is 2.00 bits per heavy atom. The predicted molar refractivity (Wildman–Crippen MR) is 93.0 cm³/mol. The van der Waals surface area contributed by atoms with E-state index in [1.807, 2.05) is 43.3 Å². The van der Waals surface area contributed by atoms with Crippen LogP contribution in [-0.2, 0) is 12.8 Å². The number of hydrogen-bond acceptors (Lipinski definition) is 2. The van der Waals surface area contributed by atoms with Gasteiger partial charge in [0.2, 0.25) is 0 Å². The van der Waals surface area contributed by atoms with Gasteiger partial charge < -0.3 is 10.2 Å². The van der Waals surface area contributed by atoms with Crippen molar-refractivity contribution in [1.29, 1.82) is 0 Å². The molecule has 0 aliphatic carbocycles. The standard InChI is InChI=1S/C21H20O2/c1-15-11-21(23)19(13-17-7-9-20(22)10-8-17)14-18(15)12-16-5-3-2-4-6-16/h2-11,14,22-23H,12-13H2,1H3. The molecule has 0 fully saturated rings. The van der Waals surface area contributed by atoms with E-state index in [1.54, 1.807) is 12.1 Å². The first-order valence-corrected chi connectivity index (χ1v) is 7.75. The lowest BCUT2D eigenvalue weighted by Gasteiger charge is -2.12. The maximum Gasteiger partial charge on any atom is 0.119 e. The summed E-state index contributed by atoms with van der Waals surface area (Å²) < 4.78 is 0. The maximum absolute atomic E-state index is 10.2. The third-order valence-electron chi connectivity index (χ3n) is 4.11. The number of benzene rings is 3. The van der Waals surface area contributed by atoms with E-state index in [-0.39, 0.29) is 5.75 Å². The van der Waals surface area contributed by atoms with Crippen molar-refractivity contribution in [2.24, 2.45) is 0 Å². The second-order valence-electron chi connectivity index (χ2n) is 5.91. The average Bonchev–Trinajstić information content (AvgIpc) is 2.55. The van der Waals surface area contributed by atoms with Crippen LogP contribution in [0.1, 0.15) is 27.8 Å². The van der Waals surface area contributed by atoms with Gasteiger partial charge in [0, 0.05) is 6.42 Å². The van der Waals surface area contributed by atoms with Gasteiger partial charge in [-0.3, -0.25) is 0 Å². The average molecular weight is 304 g/mol. The van der Waals surface area contributed by atoms with Gasteiger partial charge in [0.05, 0.1) is 0 Å². The number of hydrogen-bond donors (Lipinski definition) is 2. The van der Waals surface area contributed by atoms with Crippen LogP contribution >= 0.6 is 0 Å². The van der Waals surface area contributed by atoms with E-state index in [9.17, 15) is 10.2 Å². The Bertz CT molecular complexity index is 790. The zero-order chi connectivity index (χ0) is 16.2. The SMILES string of the molecule is Cc1cc(O)c(Cc2ccc(O)cc2)cc1Cc1ccccc1. The Morgan fingerprint density at radius 1 is 0.696 bits per heavy atom. The molecule has 0 atom stereocenters. The molecule has 0 amide bonds. The van der Waals surface area contributed by atoms with Crippen LogP contribution in [0.3, 0.4) is 0 Å². The van der Waals surface area contributed by atoms with Crippen LogP contribution in [0.5, 0.6) is 11.5 Å². The molecule has 0 bridgehead atoms. The third kappa shape index (κ3) is 3.72. The van der Waals surface area contributed by atoms with Gasteiger partial charge in [-0.05, 0) is 59.4 Å². The Morgan fingerprint density at radius 2 is 1.30 bits per heavy atom. The van der Waals surface area contributed by atoms with Gasteiger partial charge in [0.15, 0.2) is 0 Å². The lowest BCUT2D eigenvalue weighted by atomic mass is 9.95. The predicted octanol–water partition coefficient (Wildman–Crippen LogP) is 4.59. The normalized spacial score (nSPS) is 10.7. The maximum atomic E-state index is 10.2. The molecule has 0 saturated heterocycles. The summed E-state index contributed by atoms with van der Waals surface area (Å²) in [6.07, 6.45) is 1.50. The second-order valence-corrected chi connectivity index (χ2v) is 5.91. The minimum atomic E-state index is 0.256. The van der Waals surface area contributed by atoms with Crippen molar-refractivity contribution in [1.82, 2.24) is 0 Å². The van der Waals surface area contributed by atoms with Crippen molar-refractivity contribution in [2.75, 3.05) is 0 Å². The number of rotatable bonds is 4. The fourth-order valence-corrected chi connectivity index (χ4v) is 2.77. The Labute approximate surface area is 136 Å². The quantitative estimate of drug-likeness (QED) is 0.740. The van der Waals surface area contributed by atoms with Crippen LogP contribution in [0.2, 0.25) is 0 Å². The first-order chi connectivity index (χ1) is 11.1. The highest BCUT2D eigenvalue weighted by atomic mass is 16.3. The van der Waals surface area contributed by atoms with Gasteiger partial charge in [0.1, 0.15) is 11.5 Å². The van der Waals surface area contributed by atoms with Gasteiger partial charge >= 0.3 is 0 Å². The van der Waals surface area contributed by atoms with Crippen molar-refractivity contribution >= 4 is 0 Å². The number of phenolic OH excluding ortho intramolecular Hbond substituents is 2. The summed E-state index contributed by atoms with van der Waals surface area (Å²) in [5, 5.41) is 19.6. The third-order valence-corrected chi connectivity index (χ3v) is 4.11.